The fourth-order valence-corrected chi connectivity index (χ4v) is 2.86. The van der Waals surface area contributed by atoms with Crippen molar-refractivity contribution in [3.63, 3.8) is 0 Å². The Labute approximate surface area is 124 Å². The number of aliphatic carboxylic acids is 1. The average molecular weight is 293 g/mol. The molecule has 0 aromatic carbocycles. The lowest BCUT2D eigenvalue weighted by Gasteiger charge is -2.26. The fraction of sp³-hybridized carbons (Fsp3) is 0.667. The largest absolute Gasteiger partial charge is 0.481 e. The highest BCUT2D eigenvalue weighted by Gasteiger charge is 2.26. The van der Waals surface area contributed by atoms with Crippen LogP contribution < -0.4 is 5.32 Å². The molecule has 6 nitrogen and oxygen atoms in total. The van der Waals surface area contributed by atoms with Gasteiger partial charge in [-0.3, -0.25) is 9.59 Å². The van der Waals surface area contributed by atoms with Gasteiger partial charge in [0.15, 0.2) is 0 Å². The quantitative estimate of drug-likeness (QED) is 0.834. The molecule has 21 heavy (non-hydrogen) atoms. The third-order valence-electron chi connectivity index (χ3n) is 4.14. The van der Waals surface area contributed by atoms with Crippen LogP contribution in [0.5, 0.6) is 0 Å². The molecule has 0 unspecified atom stereocenters. The van der Waals surface area contributed by atoms with E-state index in [9.17, 15) is 9.59 Å². The third-order valence-corrected chi connectivity index (χ3v) is 4.14. The molecule has 6 heteroatoms. The van der Waals surface area contributed by atoms with Gasteiger partial charge in [0.05, 0.1) is 5.92 Å². The van der Waals surface area contributed by atoms with Gasteiger partial charge in [-0.2, -0.15) is 0 Å². The van der Waals surface area contributed by atoms with Crippen LogP contribution in [0.25, 0.3) is 0 Å². The second-order valence-electron chi connectivity index (χ2n) is 5.59. The zero-order chi connectivity index (χ0) is 15.2. The molecule has 0 spiro atoms. The SMILES string of the molecule is CCc1nccn1CCC(=O)NC1CCC(C(=O)O)CC1. The molecule has 1 saturated carbocycles. The van der Waals surface area contributed by atoms with Gasteiger partial charge in [0.1, 0.15) is 5.82 Å². The molecule has 1 aliphatic rings. The van der Waals surface area contributed by atoms with Gasteiger partial charge in [-0.1, -0.05) is 6.92 Å². The molecule has 0 radical (unpaired) electrons. The minimum absolute atomic E-state index is 0.0320. The molecule has 1 amide bonds. The molecular weight excluding hydrogens is 270 g/mol. The molecule has 1 aliphatic carbocycles. The van der Waals surface area contributed by atoms with Crippen LogP contribution in [0.2, 0.25) is 0 Å². The van der Waals surface area contributed by atoms with Crippen molar-refractivity contribution in [1.82, 2.24) is 14.9 Å². The number of nitrogens with one attached hydrogen (secondary N) is 1. The van der Waals surface area contributed by atoms with E-state index in [4.69, 9.17) is 5.11 Å². The van der Waals surface area contributed by atoms with Gasteiger partial charge in [-0.05, 0) is 25.7 Å². The highest BCUT2D eigenvalue weighted by Crippen LogP contribution is 2.24. The molecule has 1 fully saturated rings. The maximum atomic E-state index is 12.0. The molecule has 1 aromatic rings. The maximum absolute atomic E-state index is 12.0. The van der Waals surface area contributed by atoms with Crippen molar-refractivity contribution < 1.29 is 14.7 Å². The van der Waals surface area contributed by atoms with E-state index in [1.807, 2.05) is 17.7 Å². The fourth-order valence-electron chi connectivity index (χ4n) is 2.86. The normalized spacial score (nSPS) is 22.0. The van der Waals surface area contributed by atoms with Gasteiger partial charge in [0.25, 0.3) is 0 Å². The second kappa shape index (κ2) is 7.24. The van der Waals surface area contributed by atoms with Gasteiger partial charge in [0, 0.05) is 37.8 Å². The first-order valence-corrected chi connectivity index (χ1v) is 7.62. The van der Waals surface area contributed by atoms with E-state index >= 15 is 0 Å². The van der Waals surface area contributed by atoms with E-state index in [1.165, 1.54) is 0 Å². The Kier molecular flexibility index (Phi) is 5.36. The van der Waals surface area contributed by atoms with E-state index < -0.39 is 5.97 Å². The van der Waals surface area contributed by atoms with E-state index in [0.29, 0.717) is 25.8 Å². The average Bonchev–Trinajstić information content (AvgIpc) is 2.93. The Morgan fingerprint density at radius 1 is 1.38 bits per heavy atom. The smallest absolute Gasteiger partial charge is 0.306 e. The van der Waals surface area contributed by atoms with Crippen molar-refractivity contribution in [2.45, 2.75) is 58.0 Å². The highest BCUT2D eigenvalue weighted by molar-refractivity contribution is 5.76. The summed E-state index contributed by atoms with van der Waals surface area (Å²) in [7, 11) is 0. The number of rotatable bonds is 6. The molecule has 1 aromatic heterocycles. The second-order valence-corrected chi connectivity index (χ2v) is 5.59. The summed E-state index contributed by atoms with van der Waals surface area (Å²) in [6.45, 7) is 2.68. The summed E-state index contributed by atoms with van der Waals surface area (Å²) < 4.78 is 2.00. The Morgan fingerprint density at radius 2 is 2.10 bits per heavy atom. The van der Waals surface area contributed by atoms with Crippen LogP contribution in [0.4, 0.5) is 0 Å². The molecule has 0 aliphatic heterocycles. The van der Waals surface area contributed by atoms with Crippen LogP contribution in [0, 0.1) is 5.92 Å². The first kappa shape index (κ1) is 15.5. The first-order valence-electron chi connectivity index (χ1n) is 7.62. The van der Waals surface area contributed by atoms with Crippen molar-refractivity contribution in [3.05, 3.63) is 18.2 Å². The number of carbonyl (C=O) groups excluding carboxylic acids is 1. The van der Waals surface area contributed by atoms with E-state index in [2.05, 4.69) is 10.3 Å². The van der Waals surface area contributed by atoms with Gasteiger partial charge in [0.2, 0.25) is 5.91 Å². The maximum Gasteiger partial charge on any atom is 0.306 e. The van der Waals surface area contributed by atoms with E-state index in [1.54, 1.807) is 6.20 Å². The van der Waals surface area contributed by atoms with Crippen LogP contribution in [0.15, 0.2) is 12.4 Å². The number of carboxylic acids is 1. The number of aromatic nitrogens is 2. The summed E-state index contributed by atoms with van der Waals surface area (Å²) >= 11 is 0. The van der Waals surface area contributed by atoms with Gasteiger partial charge in [-0.25, -0.2) is 4.98 Å². The number of hydrogen-bond donors (Lipinski definition) is 2. The molecule has 0 saturated heterocycles. The van der Waals surface area contributed by atoms with Crippen molar-refractivity contribution in [3.8, 4) is 0 Å². The standard InChI is InChI=1S/C15H23N3O3/c1-2-13-16-8-10-18(13)9-7-14(19)17-12-5-3-11(4-6-12)15(20)21/h8,10-12H,2-7,9H2,1H3,(H,17,19)(H,20,21). The number of nitrogens with zero attached hydrogens (tertiary/aromatic N) is 2. The van der Waals surface area contributed by atoms with E-state index in [-0.39, 0.29) is 17.9 Å². The predicted molar refractivity (Wildman–Crippen MR) is 77.7 cm³/mol. The lowest BCUT2D eigenvalue weighted by molar-refractivity contribution is -0.142. The van der Waals surface area contributed by atoms with Crippen molar-refractivity contribution in [2.75, 3.05) is 0 Å². The predicted octanol–water partition coefficient (Wildman–Crippen LogP) is 1.60. The van der Waals surface area contributed by atoms with Gasteiger partial charge in [-0.15, -0.1) is 0 Å². The topological polar surface area (TPSA) is 84.2 Å². The Bertz CT molecular complexity index is 490. The first-order chi connectivity index (χ1) is 10.1. The Hall–Kier alpha value is -1.85. The number of aryl methyl sites for hydroxylation is 2. The van der Waals surface area contributed by atoms with Gasteiger partial charge >= 0.3 is 5.97 Å². The van der Waals surface area contributed by atoms with Crippen LogP contribution in [0.1, 0.15) is 44.9 Å². The highest BCUT2D eigenvalue weighted by atomic mass is 16.4. The number of imidazole rings is 1. The molecular formula is C15H23N3O3. The van der Waals surface area contributed by atoms with Crippen LogP contribution >= 0.6 is 0 Å². The van der Waals surface area contributed by atoms with Crippen LogP contribution in [0.3, 0.4) is 0 Å². The lowest BCUT2D eigenvalue weighted by Crippen LogP contribution is -2.39. The monoisotopic (exact) mass is 293 g/mol. The summed E-state index contributed by atoms with van der Waals surface area (Å²) in [5.41, 5.74) is 0. The minimum Gasteiger partial charge on any atom is -0.481 e. The molecule has 116 valence electrons. The van der Waals surface area contributed by atoms with E-state index in [0.717, 1.165) is 25.1 Å². The number of hydrogen-bond acceptors (Lipinski definition) is 3. The van der Waals surface area contributed by atoms with Crippen molar-refractivity contribution in [2.24, 2.45) is 5.92 Å². The van der Waals surface area contributed by atoms with Gasteiger partial charge < -0.3 is 15.0 Å². The summed E-state index contributed by atoms with van der Waals surface area (Å²) in [5, 5.41) is 12.0. The third kappa shape index (κ3) is 4.31. The Morgan fingerprint density at radius 3 is 2.71 bits per heavy atom. The lowest BCUT2D eigenvalue weighted by atomic mass is 9.86. The molecule has 2 rings (SSSR count). The number of carboxylic acid groups (broad SMARTS) is 1. The van der Waals surface area contributed by atoms with Crippen LogP contribution in [-0.2, 0) is 22.6 Å². The Balaban J connectivity index is 1.72. The molecule has 0 atom stereocenters. The minimum atomic E-state index is -0.716. The summed E-state index contributed by atoms with van der Waals surface area (Å²) in [5.74, 6) is 0.0671. The van der Waals surface area contributed by atoms with Crippen LogP contribution in [-0.4, -0.2) is 32.6 Å². The zero-order valence-corrected chi connectivity index (χ0v) is 12.4. The summed E-state index contributed by atoms with van der Waals surface area (Å²) in [6.07, 6.45) is 7.76. The number of amides is 1. The zero-order valence-electron chi connectivity index (χ0n) is 12.4. The van der Waals surface area contributed by atoms with Crippen molar-refractivity contribution in [1.29, 1.82) is 0 Å². The summed E-state index contributed by atoms with van der Waals surface area (Å²) in [6, 6.07) is 0.126. The number of carbonyl (C=O) groups is 2. The molecule has 2 N–H and O–H groups in total. The summed E-state index contributed by atoms with van der Waals surface area (Å²) in [4.78, 5) is 27.1. The molecule has 1 heterocycles. The van der Waals surface area contributed by atoms with Crippen molar-refractivity contribution >= 4 is 11.9 Å². The molecule has 0 bridgehead atoms.